The minimum atomic E-state index is 0.529. The summed E-state index contributed by atoms with van der Waals surface area (Å²) in [7, 11) is 1.71. The van der Waals surface area contributed by atoms with Gasteiger partial charge in [-0.15, -0.1) is 0 Å². The second kappa shape index (κ2) is 5.21. The lowest BCUT2D eigenvalue weighted by atomic mass is 10.1. The number of nitrogens with one attached hydrogen (secondary N) is 1. The first-order valence-electron chi connectivity index (χ1n) is 5.78. The van der Waals surface area contributed by atoms with E-state index in [1.54, 1.807) is 7.11 Å². The number of rotatable bonds is 3. The first-order valence-corrected chi connectivity index (χ1v) is 5.78. The molecular formula is C13H19NO2. The van der Waals surface area contributed by atoms with Crippen LogP contribution in [-0.2, 0) is 4.74 Å². The Bertz CT molecular complexity index is 346. The molecule has 1 aromatic rings. The fourth-order valence-electron chi connectivity index (χ4n) is 1.99. The van der Waals surface area contributed by atoms with Crippen molar-refractivity contribution in [3.05, 3.63) is 23.8 Å². The second-order valence-electron chi connectivity index (χ2n) is 4.22. The monoisotopic (exact) mass is 221 g/mol. The maximum Gasteiger partial charge on any atom is 0.123 e. The first-order chi connectivity index (χ1) is 7.79. The Labute approximate surface area is 96.8 Å². The summed E-state index contributed by atoms with van der Waals surface area (Å²) in [6.07, 6.45) is 2.16. The first kappa shape index (κ1) is 11.3. The Morgan fingerprint density at radius 3 is 2.75 bits per heavy atom. The number of benzene rings is 1. The van der Waals surface area contributed by atoms with Crippen LogP contribution < -0.4 is 10.1 Å². The molecule has 1 saturated heterocycles. The molecule has 1 aliphatic heterocycles. The molecule has 3 nitrogen and oxygen atoms in total. The molecule has 0 unspecified atom stereocenters. The highest BCUT2D eigenvalue weighted by molar-refractivity contribution is 5.52. The van der Waals surface area contributed by atoms with Crippen molar-refractivity contribution in [2.75, 3.05) is 25.6 Å². The average molecular weight is 221 g/mol. The summed E-state index contributed by atoms with van der Waals surface area (Å²) in [6, 6.07) is 6.78. The maximum absolute atomic E-state index is 5.34. The van der Waals surface area contributed by atoms with Crippen LogP contribution in [0.2, 0.25) is 0 Å². The third kappa shape index (κ3) is 2.67. The van der Waals surface area contributed by atoms with Gasteiger partial charge in [0.25, 0.3) is 0 Å². The minimum absolute atomic E-state index is 0.529. The molecule has 0 aromatic heterocycles. The van der Waals surface area contributed by atoms with E-state index in [1.807, 2.05) is 0 Å². The minimum Gasteiger partial charge on any atom is -0.496 e. The molecule has 1 aromatic carbocycles. The molecule has 1 N–H and O–H groups in total. The molecule has 0 spiro atoms. The Hall–Kier alpha value is -1.22. The topological polar surface area (TPSA) is 30.5 Å². The third-order valence-electron chi connectivity index (χ3n) is 3.00. The molecule has 0 bridgehead atoms. The van der Waals surface area contributed by atoms with Crippen LogP contribution in [0.4, 0.5) is 5.69 Å². The van der Waals surface area contributed by atoms with Crippen molar-refractivity contribution in [1.82, 2.24) is 0 Å². The van der Waals surface area contributed by atoms with Crippen LogP contribution in [0.3, 0.4) is 0 Å². The highest BCUT2D eigenvalue weighted by Crippen LogP contribution is 2.23. The zero-order valence-corrected chi connectivity index (χ0v) is 9.95. The summed E-state index contributed by atoms with van der Waals surface area (Å²) in [4.78, 5) is 0. The Balaban J connectivity index is 2.03. The van der Waals surface area contributed by atoms with Gasteiger partial charge >= 0.3 is 0 Å². The van der Waals surface area contributed by atoms with Gasteiger partial charge in [0.15, 0.2) is 0 Å². The van der Waals surface area contributed by atoms with Crippen LogP contribution in [0, 0.1) is 6.92 Å². The number of anilines is 1. The quantitative estimate of drug-likeness (QED) is 0.851. The van der Waals surface area contributed by atoms with Crippen LogP contribution in [0.15, 0.2) is 18.2 Å². The van der Waals surface area contributed by atoms with Crippen molar-refractivity contribution in [3.63, 3.8) is 0 Å². The van der Waals surface area contributed by atoms with Gasteiger partial charge in [-0.1, -0.05) is 6.07 Å². The predicted molar refractivity (Wildman–Crippen MR) is 65.2 cm³/mol. The standard InChI is InChI=1S/C13H19NO2/c1-10-3-4-12(9-13(10)15-2)14-11-5-7-16-8-6-11/h3-4,9,11,14H,5-8H2,1-2H3. The molecule has 16 heavy (non-hydrogen) atoms. The van der Waals surface area contributed by atoms with Gasteiger partial charge in [0.2, 0.25) is 0 Å². The van der Waals surface area contributed by atoms with E-state index < -0.39 is 0 Å². The lowest BCUT2D eigenvalue weighted by molar-refractivity contribution is 0.0904. The van der Waals surface area contributed by atoms with Crippen molar-refractivity contribution in [3.8, 4) is 5.75 Å². The number of methoxy groups -OCH3 is 1. The van der Waals surface area contributed by atoms with Crippen molar-refractivity contribution >= 4 is 5.69 Å². The zero-order chi connectivity index (χ0) is 11.4. The molecule has 0 saturated carbocycles. The van der Waals surface area contributed by atoms with Gasteiger partial charge < -0.3 is 14.8 Å². The van der Waals surface area contributed by atoms with Crippen molar-refractivity contribution in [2.45, 2.75) is 25.8 Å². The van der Waals surface area contributed by atoms with Gasteiger partial charge in [-0.25, -0.2) is 0 Å². The van der Waals surface area contributed by atoms with Gasteiger partial charge in [0.1, 0.15) is 5.75 Å². The lowest BCUT2D eigenvalue weighted by Crippen LogP contribution is -2.27. The van der Waals surface area contributed by atoms with E-state index in [-0.39, 0.29) is 0 Å². The number of aryl methyl sites for hydroxylation is 1. The number of ether oxygens (including phenoxy) is 2. The van der Waals surface area contributed by atoms with Crippen LogP contribution in [0.25, 0.3) is 0 Å². The summed E-state index contributed by atoms with van der Waals surface area (Å²) in [5.41, 5.74) is 2.30. The third-order valence-corrected chi connectivity index (χ3v) is 3.00. The van der Waals surface area contributed by atoms with Crippen LogP contribution in [-0.4, -0.2) is 26.4 Å². The van der Waals surface area contributed by atoms with Gasteiger partial charge in [0, 0.05) is 31.0 Å². The van der Waals surface area contributed by atoms with Crippen molar-refractivity contribution in [1.29, 1.82) is 0 Å². The Morgan fingerprint density at radius 2 is 2.06 bits per heavy atom. The summed E-state index contributed by atoms with van der Waals surface area (Å²) >= 11 is 0. The summed E-state index contributed by atoms with van der Waals surface area (Å²) in [5.74, 6) is 0.942. The van der Waals surface area contributed by atoms with Crippen LogP contribution in [0.5, 0.6) is 5.75 Å². The van der Waals surface area contributed by atoms with Crippen LogP contribution in [0.1, 0.15) is 18.4 Å². The fourth-order valence-corrected chi connectivity index (χ4v) is 1.99. The molecule has 1 aliphatic rings. The molecule has 3 heteroatoms. The highest BCUT2D eigenvalue weighted by Gasteiger charge is 2.13. The van der Waals surface area contributed by atoms with E-state index in [0.29, 0.717) is 6.04 Å². The molecule has 1 fully saturated rings. The molecule has 0 amide bonds. The van der Waals surface area contributed by atoms with E-state index in [4.69, 9.17) is 9.47 Å². The normalized spacial score (nSPS) is 17.1. The number of hydrogen-bond donors (Lipinski definition) is 1. The zero-order valence-electron chi connectivity index (χ0n) is 9.95. The molecule has 1 heterocycles. The summed E-state index contributed by atoms with van der Waals surface area (Å²) in [6.45, 7) is 3.78. The van der Waals surface area contributed by atoms with E-state index in [9.17, 15) is 0 Å². The molecule has 2 rings (SSSR count). The molecule has 88 valence electrons. The number of hydrogen-bond acceptors (Lipinski definition) is 3. The van der Waals surface area contributed by atoms with E-state index >= 15 is 0 Å². The average Bonchev–Trinajstić information content (AvgIpc) is 2.33. The predicted octanol–water partition coefficient (Wildman–Crippen LogP) is 2.59. The second-order valence-corrected chi connectivity index (χ2v) is 4.22. The van der Waals surface area contributed by atoms with Crippen molar-refractivity contribution < 1.29 is 9.47 Å². The molecule has 0 atom stereocenters. The largest absolute Gasteiger partial charge is 0.496 e. The maximum atomic E-state index is 5.34. The Kier molecular flexibility index (Phi) is 3.67. The van der Waals surface area contributed by atoms with Crippen molar-refractivity contribution in [2.24, 2.45) is 0 Å². The van der Waals surface area contributed by atoms with E-state index in [0.717, 1.165) is 37.5 Å². The Morgan fingerprint density at radius 1 is 1.31 bits per heavy atom. The molecule has 0 radical (unpaired) electrons. The smallest absolute Gasteiger partial charge is 0.123 e. The lowest BCUT2D eigenvalue weighted by Gasteiger charge is -2.24. The van der Waals surface area contributed by atoms with Crippen LogP contribution >= 0.6 is 0 Å². The van der Waals surface area contributed by atoms with E-state index in [2.05, 4.69) is 30.4 Å². The fraction of sp³-hybridized carbons (Fsp3) is 0.538. The van der Waals surface area contributed by atoms with Gasteiger partial charge in [0.05, 0.1) is 7.11 Å². The molecule has 0 aliphatic carbocycles. The summed E-state index contributed by atoms with van der Waals surface area (Å²) < 4.78 is 10.6. The highest BCUT2D eigenvalue weighted by atomic mass is 16.5. The van der Waals surface area contributed by atoms with Gasteiger partial charge in [-0.3, -0.25) is 0 Å². The summed E-state index contributed by atoms with van der Waals surface area (Å²) in [5, 5.41) is 3.52. The van der Waals surface area contributed by atoms with Gasteiger partial charge in [-0.05, 0) is 31.4 Å². The van der Waals surface area contributed by atoms with Gasteiger partial charge in [-0.2, -0.15) is 0 Å². The van der Waals surface area contributed by atoms with E-state index in [1.165, 1.54) is 5.56 Å². The SMILES string of the molecule is COc1cc(NC2CCOCC2)ccc1C. The molecular weight excluding hydrogens is 202 g/mol.